The zero-order valence-corrected chi connectivity index (χ0v) is 10.6. The maximum atomic E-state index is 6.07. The number of benzene rings is 1. The predicted molar refractivity (Wildman–Crippen MR) is 65.8 cm³/mol. The van der Waals surface area contributed by atoms with Crippen molar-refractivity contribution in [2.45, 2.75) is 13.0 Å². The van der Waals surface area contributed by atoms with E-state index in [1.165, 1.54) is 0 Å². The van der Waals surface area contributed by atoms with Gasteiger partial charge in [-0.25, -0.2) is 0 Å². The highest BCUT2D eigenvalue weighted by molar-refractivity contribution is 9.10. The fraction of sp³-hybridized carbons (Fsp3) is 0.455. The zero-order chi connectivity index (χ0) is 11.4. The summed E-state index contributed by atoms with van der Waals surface area (Å²) < 4.78 is 6.07. The van der Waals surface area contributed by atoms with Gasteiger partial charge in [-0.05, 0) is 46.1 Å². The molecule has 15 heavy (non-hydrogen) atoms. The lowest BCUT2D eigenvalue weighted by atomic mass is 9.95. The lowest BCUT2D eigenvalue weighted by Gasteiger charge is -2.19. The van der Waals surface area contributed by atoms with Crippen LogP contribution in [0, 0.1) is 5.92 Å². The smallest absolute Gasteiger partial charge is 0.133 e. The van der Waals surface area contributed by atoms with E-state index in [0.717, 1.165) is 15.8 Å². The van der Waals surface area contributed by atoms with Crippen LogP contribution in [0.15, 0.2) is 22.7 Å². The fourth-order valence-electron chi connectivity index (χ4n) is 1.37. The molecule has 0 aliphatic carbocycles. The zero-order valence-electron chi connectivity index (χ0n) is 9.03. The molecule has 2 unspecified atom stereocenters. The molecule has 0 radical (unpaired) electrons. The van der Waals surface area contributed by atoms with Gasteiger partial charge in [0.25, 0.3) is 0 Å². The number of halogens is 1. The van der Waals surface area contributed by atoms with Gasteiger partial charge in [0.05, 0.1) is 11.6 Å². The van der Waals surface area contributed by atoms with Crippen LogP contribution in [0.2, 0.25) is 0 Å². The Hall–Kier alpha value is -0.580. The highest BCUT2D eigenvalue weighted by Crippen LogP contribution is 2.29. The van der Waals surface area contributed by atoms with E-state index in [1.807, 2.05) is 25.1 Å². The van der Waals surface area contributed by atoms with Gasteiger partial charge in [0, 0.05) is 6.04 Å². The van der Waals surface area contributed by atoms with E-state index in [-0.39, 0.29) is 12.0 Å². The second kappa shape index (κ2) is 5.49. The average molecular weight is 273 g/mol. The summed E-state index contributed by atoms with van der Waals surface area (Å²) in [5.74, 6) is 1.08. The molecule has 0 aliphatic rings. The van der Waals surface area contributed by atoms with Crippen molar-refractivity contribution in [1.82, 2.24) is 0 Å². The average Bonchev–Trinajstić information content (AvgIpc) is 2.26. The summed E-state index contributed by atoms with van der Waals surface area (Å²) in [4.78, 5) is 0. The van der Waals surface area contributed by atoms with Crippen LogP contribution in [-0.2, 0) is 0 Å². The molecule has 3 nitrogen and oxygen atoms in total. The minimum Gasteiger partial charge on any atom is -0.496 e. The molecule has 84 valence electrons. The molecule has 1 aromatic rings. The summed E-state index contributed by atoms with van der Waals surface area (Å²) in [5, 5.41) is 0. The van der Waals surface area contributed by atoms with Crippen molar-refractivity contribution in [2.24, 2.45) is 17.4 Å². The summed E-state index contributed by atoms with van der Waals surface area (Å²) in [5.41, 5.74) is 12.7. The Morgan fingerprint density at radius 3 is 2.60 bits per heavy atom. The number of nitrogens with two attached hydrogens (primary N) is 2. The fourth-order valence-corrected chi connectivity index (χ4v) is 1.92. The maximum Gasteiger partial charge on any atom is 0.133 e. The molecule has 0 amide bonds. The highest BCUT2D eigenvalue weighted by atomic mass is 79.9. The third kappa shape index (κ3) is 2.93. The van der Waals surface area contributed by atoms with Crippen LogP contribution in [0.4, 0.5) is 0 Å². The quantitative estimate of drug-likeness (QED) is 0.882. The Labute approximate surface area is 98.9 Å². The van der Waals surface area contributed by atoms with E-state index >= 15 is 0 Å². The van der Waals surface area contributed by atoms with Crippen molar-refractivity contribution in [3.05, 3.63) is 28.2 Å². The van der Waals surface area contributed by atoms with Crippen LogP contribution in [-0.4, -0.2) is 13.7 Å². The van der Waals surface area contributed by atoms with E-state index in [1.54, 1.807) is 7.11 Å². The predicted octanol–water partition coefficient (Wildman–Crippen LogP) is 2.05. The molecule has 4 heteroatoms. The Bertz CT molecular complexity index is 330. The topological polar surface area (TPSA) is 61.3 Å². The first-order valence-corrected chi connectivity index (χ1v) is 5.68. The van der Waals surface area contributed by atoms with Crippen molar-refractivity contribution in [3.8, 4) is 5.75 Å². The molecule has 0 fully saturated rings. The van der Waals surface area contributed by atoms with Crippen LogP contribution in [0.5, 0.6) is 5.75 Å². The van der Waals surface area contributed by atoms with Gasteiger partial charge >= 0.3 is 0 Å². The molecular formula is C11H17BrN2O. The largest absolute Gasteiger partial charge is 0.496 e. The molecule has 2 atom stereocenters. The third-order valence-corrected chi connectivity index (χ3v) is 3.17. The Kier molecular flexibility index (Phi) is 4.57. The number of rotatable bonds is 4. The molecule has 0 heterocycles. The third-order valence-electron chi connectivity index (χ3n) is 2.55. The standard InChI is InChI=1S/C11H17BrN2O/c1-7(6-13)11(14)8-3-4-10(15-2)9(12)5-8/h3-5,7,11H,6,13-14H2,1-2H3. The Morgan fingerprint density at radius 1 is 1.47 bits per heavy atom. The van der Waals surface area contributed by atoms with Crippen molar-refractivity contribution >= 4 is 15.9 Å². The molecule has 0 bridgehead atoms. The van der Waals surface area contributed by atoms with Gasteiger partial charge in [0.1, 0.15) is 5.75 Å². The summed E-state index contributed by atoms with van der Waals surface area (Å²) in [6.07, 6.45) is 0. The number of ether oxygens (including phenoxy) is 1. The van der Waals surface area contributed by atoms with E-state index in [4.69, 9.17) is 16.2 Å². The molecule has 0 saturated carbocycles. The highest BCUT2D eigenvalue weighted by Gasteiger charge is 2.14. The normalized spacial score (nSPS) is 14.7. The van der Waals surface area contributed by atoms with Crippen LogP contribution in [0.25, 0.3) is 0 Å². The second-order valence-electron chi connectivity index (χ2n) is 3.63. The number of hydrogen-bond donors (Lipinski definition) is 2. The first-order valence-electron chi connectivity index (χ1n) is 4.89. The van der Waals surface area contributed by atoms with Crippen molar-refractivity contribution in [3.63, 3.8) is 0 Å². The monoisotopic (exact) mass is 272 g/mol. The van der Waals surface area contributed by atoms with Crippen LogP contribution < -0.4 is 16.2 Å². The van der Waals surface area contributed by atoms with E-state index in [2.05, 4.69) is 15.9 Å². The summed E-state index contributed by atoms with van der Waals surface area (Å²) in [7, 11) is 1.64. The number of methoxy groups -OCH3 is 1. The Balaban J connectivity index is 2.92. The first-order chi connectivity index (χ1) is 7.10. The van der Waals surface area contributed by atoms with Gasteiger partial charge in [-0.2, -0.15) is 0 Å². The molecular weight excluding hydrogens is 256 g/mol. The maximum absolute atomic E-state index is 6.07. The summed E-state index contributed by atoms with van der Waals surface area (Å²) in [6, 6.07) is 5.83. The van der Waals surface area contributed by atoms with Gasteiger partial charge in [0.15, 0.2) is 0 Å². The molecule has 0 aliphatic heterocycles. The van der Waals surface area contributed by atoms with Crippen molar-refractivity contribution < 1.29 is 4.74 Å². The molecule has 4 N–H and O–H groups in total. The molecule has 0 saturated heterocycles. The Morgan fingerprint density at radius 2 is 2.13 bits per heavy atom. The van der Waals surface area contributed by atoms with Crippen molar-refractivity contribution in [2.75, 3.05) is 13.7 Å². The summed E-state index contributed by atoms with van der Waals surface area (Å²) in [6.45, 7) is 2.63. The molecule has 0 spiro atoms. The van der Waals surface area contributed by atoms with Gasteiger partial charge in [-0.15, -0.1) is 0 Å². The first kappa shape index (κ1) is 12.5. The minimum absolute atomic E-state index is 0.0304. The SMILES string of the molecule is COc1ccc(C(N)C(C)CN)cc1Br. The van der Waals surface area contributed by atoms with Crippen LogP contribution in [0.3, 0.4) is 0 Å². The van der Waals surface area contributed by atoms with Crippen molar-refractivity contribution in [1.29, 1.82) is 0 Å². The molecule has 0 aromatic heterocycles. The lowest BCUT2D eigenvalue weighted by Crippen LogP contribution is -2.25. The minimum atomic E-state index is -0.0304. The molecule has 1 rings (SSSR count). The summed E-state index contributed by atoms with van der Waals surface area (Å²) >= 11 is 3.43. The van der Waals surface area contributed by atoms with E-state index < -0.39 is 0 Å². The van der Waals surface area contributed by atoms with E-state index in [0.29, 0.717) is 6.54 Å². The van der Waals surface area contributed by atoms with Gasteiger partial charge < -0.3 is 16.2 Å². The van der Waals surface area contributed by atoms with Crippen LogP contribution in [0.1, 0.15) is 18.5 Å². The van der Waals surface area contributed by atoms with Crippen LogP contribution >= 0.6 is 15.9 Å². The number of hydrogen-bond acceptors (Lipinski definition) is 3. The van der Waals surface area contributed by atoms with Gasteiger partial charge in [-0.1, -0.05) is 13.0 Å². The van der Waals surface area contributed by atoms with Gasteiger partial charge in [0.2, 0.25) is 0 Å². The lowest BCUT2D eigenvalue weighted by molar-refractivity contribution is 0.411. The molecule has 1 aromatic carbocycles. The van der Waals surface area contributed by atoms with Gasteiger partial charge in [-0.3, -0.25) is 0 Å². The second-order valence-corrected chi connectivity index (χ2v) is 4.49. The van der Waals surface area contributed by atoms with E-state index in [9.17, 15) is 0 Å².